The Bertz CT molecular complexity index is 561. The lowest BCUT2D eigenvalue weighted by molar-refractivity contribution is -0.141. The summed E-state index contributed by atoms with van der Waals surface area (Å²) in [5.41, 5.74) is 8.33. The third kappa shape index (κ3) is 3.09. The van der Waals surface area contributed by atoms with E-state index in [0.717, 1.165) is 19.3 Å². The number of nitrogens with two attached hydrogens (primary N) is 1. The lowest BCUT2D eigenvalue weighted by Crippen LogP contribution is -2.51. The number of morpholine rings is 1. The average molecular weight is 304 g/mol. The molecular weight excluding hydrogens is 284 g/mol. The predicted molar refractivity (Wildman–Crippen MR) is 85.1 cm³/mol. The summed E-state index contributed by atoms with van der Waals surface area (Å²) in [4.78, 5) is 14.9. The molecule has 2 N–H and O–H groups in total. The molecule has 0 saturated carbocycles. The smallest absolute Gasteiger partial charge is 0.226 e. The van der Waals surface area contributed by atoms with Gasteiger partial charge in [-0.15, -0.1) is 0 Å². The van der Waals surface area contributed by atoms with Gasteiger partial charge in [-0.1, -0.05) is 36.5 Å². The van der Waals surface area contributed by atoms with Crippen LogP contribution < -0.4 is 5.73 Å². The van der Waals surface area contributed by atoms with Crippen LogP contribution in [0.3, 0.4) is 0 Å². The Morgan fingerprint density at radius 2 is 2.10 bits per heavy atom. The highest BCUT2D eigenvalue weighted by atomic mass is 32.1. The van der Waals surface area contributed by atoms with Gasteiger partial charge in [0, 0.05) is 12.5 Å². The number of carbonyl (C=O) groups is 1. The van der Waals surface area contributed by atoms with Crippen LogP contribution in [-0.2, 0) is 22.4 Å². The number of amides is 1. The van der Waals surface area contributed by atoms with Crippen molar-refractivity contribution in [3.63, 3.8) is 0 Å². The van der Waals surface area contributed by atoms with Gasteiger partial charge in [-0.05, 0) is 30.4 Å². The molecule has 1 fully saturated rings. The molecule has 2 atom stereocenters. The van der Waals surface area contributed by atoms with Crippen molar-refractivity contribution in [3.8, 4) is 0 Å². The minimum atomic E-state index is -0.298. The summed E-state index contributed by atoms with van der Waals surface area (Å²) >= 11 is 4.98. The van der Waals surface area contributed by atoms with Crippen LogP contribution >= 0.6 is 12.2 Å². The van der Waals surface area contributed by atoms with E-state index in [9.17, 15) is 4.79 Å². The Hall–Kier alpha value is -1.46. The van der Waals surface area contributed by atoms with Gasteiger partial charge in [0.25, 0.3) is 0 Å². The van der Waals surface area contributed by atoms with Crippen LogP contribution in [0.15, 0.2) is 24.3 Å². The standard InChI is InChI=1S/C16H20N2O2S/c17-15(21)14-10-18(7-8-20-14)16(19)13-6-5-11-3-1-2-4-12(11)9-13/h1-4,13-14H,5-10H2,(H2,17,21). The van der Waals surface area contributed by atoms with Gasteiger partial charge in [0.15, 0.2) is 0 Å². The molecule has 1 amide bonds. The van der Waals surface area contributed by atoms with Crippen molar-refractivity contribution < 1.29 is 9.53 Å². The number of fused-ring (bicyclic) bond motifs is 1. The summed E-state index contributed by atoms with van der Waals surface area (Å²) in [7, 11) is 0. The van der Waals surface area contributed by atoms with Crippen molar-refractivity contribution in [2.24, 2.45) is 11.7 Å². The Labute approximate surface area is 130 Å². The molecule has 0 spiro atoms. The van der Waals surface area contributed by atoms with Crippen molar-refractivity contribution in [2.75, 3.05) is 19.7 Å². The van der Waals surface area contributed by atoms with E-state index >= 15 is 0 Å². The van der Waals surface area contributed by atoms with Crippen molar-refractivity contribution in [1.29, 1.82) is 0 Å². The van der Waals surface area contributed by atoms with E-state index in [2.05, 4.69) is 18.2 Å². The molecule has 4 nitrogen and oxygen atoms in total. The highest BCUT2D eigenvalue weighted by Gasteiger charge is 2.32. The van der Waals surface area contributed by atoms with Crippen LogP contribution in [0.1, 0.15) is 17.5 Å². The molecule has 1 aliphatic heterocycles. The van der Waals surface area contributed by atoms with Gasteiger partial charge in [0.05, 0.1) is 13.2 Å². The van der Waals surface area contributed by atoms with E-state index in [4.69, 9.17) is 22.7 Å². The van der Waals surface area contributed by atoms with E-state index in [0.29, 0.717) is 24.7 Å². The van der Waals surface area contributed by atoms with Crippen LogP contribution in [0, 0.1) is 5.92 Å². The molecule has 1 saturated heterocycles. The molecule has 1 aromatic rings. The highest BCUT2D eigenvalue weighted by Crippen LogP contribution is 2.27. The summed E-state index contributed by atoms with van der Waals surface area (Å²) < 4.78 is 5.50. The SMILES string of the molecule is NC(=S)C1CN(C(=O)C2CCc3ccccc3C2)CCO1. The van der Waals surface area contributed by atoms with E-state index < -0.39 is 0 Å². The number of nitrogens with zero attached hydrogens (tertiary/aromatic N) is 1. The summed E-state index contributed by atoms with van der Waals surface area (Å²) in [6, 6.07) is 8.40. The molecule has 0 bridgehead atoms. The van der Waals surface area contributed by atoms with Gasteiger partial charge >= 0.3 is 0 Å². The monoisotopic (exact) mass is 304 g/mol. The molecule has 21 heavy (non-hydrogen) atoms. The van der Waals surface area contributed by atoms with Crippen LogP contribution in [0.25, 0.3) is 0 Å². The Kier molecular flexibility index (Phi) is 4.22. The normalized spacial score (nSPS) is 25.2. The first-order valence-electron chi connectivity index (χ1n) is 7.41. The first-order valence-corrected chi connectivity index (χ1v) is 7.82. The Morgan fingerprint density at radius 3 is 2.86 bits per heavy atom. The number of hydrogen-bond acceptors (Lipinski definition) is 3. The van der Waals surface area contributed by atoms with E-state index in [1.54, 1.807) is 0 Å². The number of carbonyl (C=O) groups excluding carboxylic acids is 1. The summed E-state index contributed by atoms with van der Waals surface area (Å²) in [6.45, 7) is 1.64. The number of aryl methyl sites for hydroxylation is 1. The van der Waals surface area contributed by atoms with Gasteiger partial charge in [-0.3, -0.25) is 4.79 Å². The number of hydrogen-bond donors (Lipinski definition) is 1. The second kappa shape index (κ2) is 6.12. The van der Waals surface area contributed by atoms with Gasteiger partial charge in [0.1, 0.15) is 11.1 Å². The molecule has 1 heterocycles. The quantitative estimate of drug-likeness (QED) is 0.837. The topological polar surface area (TPSA) is 55.6 Å². The highest BCUT2D eigenvalue weighted by molar-refractivity contribution is 7.80. The van der Waals surface area contributed by atoms with E-state index in [1.807, 2.05) is 11.0 Å². The molecule has 112 valence electrons. The lowest BCUT2D eigenvalue weighted by atomic mass is 9.83. The fourth-order valence-electron chi connectivity index (χ4n) is 3.19. The fourth-order valence-corrected chi connectivity index (χ4v) is 3.33. The first-order chi connectivity index (χ1) is 10.1. The summed E-state index contributed by atoms with van der Waals surface area (Å²) in [5.74, 6) is 0.291. The predicted octanol–water partition coefficient (Wildman–Crippen LogP) is 1.30. The molecule has 1 aromatic carbocycles. The zero-order chi connectivity index (χ0) is 14.8. The molecular formula is C16H20N2O2S. The number of rotatable bonds is 2. The van der Waals surface area contributed by atoms with Crippen molar-refractivity contribution in [1.82, 2.24) is 4.90 Å². The van der Waals surface area contributed by atoms with Crippen LogP contribution in [0.4, 0.5) is 0 Å². The molecule has 0 radical (unpaired) electrons. The van der Waals surface area contributed by atoms with Gasteiger partial charge < -0.3 is 15.4 Å². The van der Waals surface area contributed by atoms with Crippen molar-refractivity contribution in [3.05, 3.63) is 35.4 Å². The molecule has 1 aliphatic carbocycles. The van der Waals surface area contributed by atoms with Gasteiger partial charge in [0.2, 0.25) is 5.91 Å². The van der Waals surface area contributed by atoms with Gasteiger partial charge in [-0.2, -0.15) is 0 Å². The molecule has 0 aromatic heterocycles. The van der Waals surface area contributed by atoms with Gasteiger partial charge in [-0.25, -0.2) is 0 Å². The van der Waals surface area contributed by atoms with Crippen molar-refractivity contribution in [2.45, 2.75) is 25.4 Å². The third-order valence-corrected chi connectivity index (χ3v) is 4.65. The second-order valence-electron chi connectivity index (χ2n) is 5.75. The summed E-state index contributed by atoms with van der Waals surface area (Å²) in [6.07, 6.45) is 2.44. The maximum absolute atomic E-state index is 12.7. The van der Waals surface area contributed by atoms with Crippen LogP contribution in [0.5, 0.6) is 0 Å². The zero-order valence-corrected chi connectivity index (χ0v) is 12.8. The largest absolute Gasteiger partial charge is 0.391 e. The minimum absolute atomic E-state index is 0.0741. The number of ether oxygens (including phenoxy) is 1. The van der Waals surface area contributed by atoms with Crippen LogP contribution in [-0.4, -0.2) is 41.6 Å². The Balaban J connectivity index is 1.67. The fraction of sp³-hybridized carbons (Fsp3) is 0.500. The van der Waals surface area contributed by atoms with Crippen LogP contribution in [0.2, 0.25) is 0 Å². The molecule has 2 unspecified atom stereocenters. The number of benzene rings is 1. The van der Waals surface area contributed by atoms with E-state index in [1.165, 1.54) is 11.1 Å². The third-order valence-electron chi connectivity index (χ3n) is 4.39. The first kappa shape index (κ1) is 14.5. The second-order valence-corrected chi connectivity index (χ2v) is 6.23. The maximum atomic E-state index is 12.7. The molecule has 5 heteroatoms. The Morgan fingerprint density at radius 1 is 1.33 bits per heavy atom. The zero-order valence-electron chi connectivity index (χ0n) is 12.0. The maximum Gasteiger partial charge on any atom is 0.226 e. The average Bonchev–Trinajstić information content (AvgIpc) is 2.53. The lowest BCUT2D eigenvalue weighted by Gasteiger charge is -2.35. The molecule has 2 aliphatic rings. The number of thiocarbonyl (C=S) groups is 1. The van der Waals surface area contributed by atoms with Crippen molar-refractivity contribution >= 4 is 23.1 Å². The summed E-state index contributed by atoms with van der Waals surface area (Å²) in [5, 5.41) is 0. The van der Waals surface area contributed by atoms with E-state index in [-0.39, 0.29) is 17.9 Å². The molecule has 3 rings (SSSR count). The minimum Gasteiger partial charge on any atom is -0.391 e.